The van der Waals surface area contributed by atoms with Gasteiger partial charge in [0.15, 0.2) is 0 Å². The maximum Gasteiger partial charge on any atom is 0.143 e. The zero-order chi connectivity index (χ0) is 14.3. The normalized spacial score (nSPS) is 23.1. The van der Waals surface area contributed by atoms with E-state index in [1.54, 1.807) is 6.33 Å². The highest BCUT2D eigenvalue weighted by Gasteiger charge is 2.34. The molecule has 0 saturated carbocycles. The van der Waals surface area contributed by atoms with Crippen LogP contribution in [0.15, 0.2) is 12.5 Å². The van der Waals surface area contributed by atoms with Crippen molar-refractivity contribution in [2.45, 2.75) is 38.8 Å². The van der Waals surface area contributed by atoms with Crippen LogP contribution in [0.4, 0.5) is 5.82 Å². The molecule has 108 valence electrons. The number of hydrogen-bond acceptors (Lipinski definition) is 4. The van der Waals surface area contributed by atoms with Gasteiger partial charge < -0.3 is 14.8 Å². The van der Waals surface area contributed by atoms with Gasteiger partial charge in [-0.15, -0.1) is 0 Å². The zero-order valence-corrected chi connectivity index (χ0v) is 12.7. The first-order chi connectivity index (χ1) is 9.63. The van der Waals surface area contributed by atoms with Gasteiger partial charge in [0.25, 0.3) is 0 Å². The fourth-order valence-corrected chi connectivity index (χ4v) is 3.42. The SMILES string of the molecule is CCc1c[nH]c2ncnc(N3CCC(N(C)C)C3C)c12. The Labute approximate surface area is 120 Å². The molecule has 2 atom stereocenters. The molecule has 2 aromatic heterocycles. The smallest absolute Gasteiger partial charge is 0.143 e. The van der Waals surface area contributed by atoms with Gasteiger partial charge in [-0.3, -0.25) is 0 Å². The molecule has 5 nitrogen and oxygen atoms in total. The number of rotatable bonds is 3. The number of fused-ring (bicyclic) bond motifs is 1. The molecule has 0 spiro atoms. The van der Waals surface area contributed by atoms with Crippen molar-refractivity contribution in [2.24, 2.45) is 0 Å². The van der Waals surface area contributed by atoms with E-state index >= 15 is 0 Å². The van der Waals surface area contributed by atoms with Gasteiger partial charge in [0, 0.05) is 24.8 Å². The fourth-order valence-electron chi connectivity index (χ4n) is 3.42. The number of nitrogens with zero attached hydrogens (tertiary/aromatic N) is 4. The van der Waals surface area contributed by atoms with Crippen LogP contribution >= 0.6 is 0 Å². The minimum Gasteiger partial charge on any atom is -0.352 e. The van der Waals surface area contributed by atoms with Crippen LogP contribution in [0.2, 0.25) is 0 Å². The molecule has 3 rings (SSSR count). The van der Waals surface area contributed by atoms with Crippen LogP contribution in [0, 0.1) is 0 Å². The topological polar surface area (TPSA) is 48.1 Å². The van der Waals surface area contributed by atoms with E-state index in [1.165, 1.54) is 17.4 Å². The first kappa shape index (κ1) is 13.4. The molecule has 20 heavy (non-hydrogen) atoms. The van der Waals surface area contributed by atoms with Crippen molar-refractivity contribution < 1.29 is 0 Å². The molecule has 1 N–H and O–H groups in total. The highest BCUT2D eigenvalue weighted by atomic mass is 15.3. The maximum absolute atomic E-state index is 4.59. The molecule has 0 aromatic carbocycles. The molecule has 1 aliphatic rings. The molecule has 2 aromatic rings. The number of anilines is 1. The lowest BCUT2D eigenvalue weighted by atomic mass is 10.1. The van der Waals surface area contributed by atoms with Crippen molar-refractivity contribution in [1.82, 2.24) is 19.9 Å². The Kier molecular flexibility index (Phi) is 3.38. The third kappa shape index (κ3) is 1.97. The van der Waals surface area contributed by atoms with Gasteiger partial charge in [-0.2, -0.15) is 0 Å². The summed E-state index contributed by atoms with van der Waals surface area (Å²) < 4.78 is 0. The molecular formula is C15H23N5. The first-order valence-corrected chi connectivity index (χ1v) is 7.37. The summed E-state index contributed by atoms with van der Waals surface area (Å²) in [7, 11) is 4.32. The summed E-state index contributed by atoms with van der Waals surface area (Å²) in [5, 5.41) is 1.20. The van der Waals surface area contributed by atoms with Gasteiger partial charge >= 0.3 is 0 Å². The Bertz CT molecular complexity index is 603. The molecule has 3 heterocycles. The number of aromatic nitrogens is 3. The van der Waals surface area contributed by atoms with Crippen molar-refractivity contribution in [3.63, 3.8) is 0 Å². The molecule has 0 amide bonds. The first-order valence-electron chi connectivity index (χ1n) is 7.37. The molecule has 0 aliphatic carbocycles. The van der Waals surface area contributed by atoms with E-state index in [1.807, 2.05) is 0 Å². The van der Waals surface area contributed by atoms with E-state index in [-0.39, 0.29) is 0 Å². The number of nitrogens with one attached hydrogen (secondary N) is 1. The molecule has 1 aliphatic heterocycles. The molecule has 2 unspecified atom stereocenters. The zero-order valence-electron chi connectivity index (χ0n) is 12.7. The van der Waals surface area contributed by atoms with Crippen LogP contribution in [0.3, 0.4) is 0 Å². The summed E-state index contributed by atoms with van der Waals surface area (Å²) in [4.78, 5) is 17.0. The number of likely N-dealkylation sites (N-methyl/N-ethyl adjacent to an activating group) is 1. The Morgan fingerprint density at radius 2 is 2.20 bits per heavy atom. The van der Waals surface area contributed by atoms with E-state index < -0.39 is 0 Å². The predicted octanol–water partition coefficient (Wildman–Crippen LogP) is 2.05. The highest BCUT2D eigenvalue weighted by Crippen LogP contribution is 2.32. The van der Waals surface area contributed by atoms with Gasteiger partial charge in [-0.25, -0.2) is 9.97 Å². The Balaban J connectivity index is 2.04. The average molecular weight is 273 g/mol. The summed E-state index contributed by atoms with van der Waals surface area (Å²) in [5.41, 5.74) is 2.25. The third-order valence-electron chi connectivity index (χ3n) is 4.56. The average Bonchev–Trinajstić information content (AvgIpc) is 3.01. The molecule has 1 fully saturated rings. The van der Waals surface area contributed by atoms with E-state index in [4.69, 9.17) is 0 Å². The van der Waals surface area contributed by atoms with Gasteiger partial charge in [-0.1, -0.05) is 6.92 Å². The van der Waals surface area contributed by atoms with Crippen LogP contribution in [0.5, 0.6) is 0 Å². The van der Waals surface area contributed by atoms with Crippen LogP contribution in [-0.2, 0) is 6.42 Å². The lowest BCUT2D eigenvalue weighted by Crippen LogP contribution is -2.40. The second-order valence-corrected chi connectivity index (χ2v) is 5.84. The van der Waals surface area contributed by atoms with Crippen LogP contribution in [-0.4, -0.2) is 52.6 Å². The lowest BCUT2D eigenvalue weighted by Gasteiger charge is -2.29. The fraction of sp³-hybridized carbons (Fsp3) is 0.600. The Morgan fingerprint density at radius 1 is 1.40 bits per heavy atom. The van der Waals surface area contributed by atoms with E-state index in [0.717, 1.165) is 24.4 Å². The minimum atomic E-state index is 0.475. The summed E-state index contributed by atoms with van der Waals surface area (Å²) in [5.74, 6) is 1.09. The van der Waals surface area contributed by atoms with Gasteiger partial charge in [-0.05, 0) is 39.4 Å². The van der Waals surface area contributed by atoms with Crippen LogP contribution in [0.25, 0.3) is 11.0 Å². The van der Waals surface area contributed by atoms with Crippen molar-refractivity contribution in [1.29, 1.82) is 0 Å². The van der Waals surface area contributed by atoms with E-state index in [0.29, 0.717) is 12.1 Å². The standard InChI is InChI=1S/C15H23N5/c1-5-11-8-16-14-13(11)15(18-9-17-14)20-7-6-12(10(20)2)19(3)4/h8-10,12H,5-7H2,1-4H3,(H,16,17,18). The highest BCUT2D eigenvalue weighted by molar-refractivity contribution is 5.91. The molecule has 0 bridgehead atoms. The van der Waals surface area contributed by atoms with Crippen molar-refractivity contribution in [2.75, 3.05) is 25.5 Å². The van der Waals surface area contributed by atoms with Gasteiger partial charge in [0.1, 0.15) is 17.8 Å². The van der Waals surface area contributed by atoms with Crippen molar-refractivity contribution >= 4 is 16.9 Å². The largest absolute Gasteiger partial charge is 0.352 e. The van der Waals surface area contributed by atoms with Crippen molar-refractivity contribution in [3.8, 4) is 0 Å². The second-order valence-electron chi connectivity index (χ2n) is 5.84. The van der Waals surface area contributed by atoms with E-state index in [9.17, 15) is 0 Å². The number of aromatic amines is 1. The molecule has 1 saturated heterocycles. The number of hydrogen-bond donors (Lipinski definition) is 1. The molecular weight excluding hydrogens is 250 g/mol. The van der Waals surface area contributed by atoms with Crippen LogP contribution in [0.1, 0.15) is 25.8 Å². The quantitative estimate of drug-likeness (QED) is 0.930. The number of H-pyrrole nitrogens is 1. The van der Waals surface area contributed by atoms with Crippen molar-refractivity contribution in [3.05, 3.63) is 18.1 Å². The van der Waals surface area contributed by atoms with E-state index in [2.05, 4.69) is 58.9 Å². The summed E-state index contributed by atoms with van der Waals surface area (Å²) in [6, 6.07) is 1.06. The maximum atomic E-state index is 4.59. The van der Waals surface area contributed by atoms with Gasteiger partial charge in [0.05, 0.1) is 5.39 Å². The summed E-state index contributed by atoms with van der Waals surface area (Å²) >= 11 is 0. The second kappa shape index (κ2) is 5.05. The number of aryl methyl sites for hydroxylation is 1. The minimum absolute atomic E-state index is 0.475. The monoisotopic (exact) mass is 273 g/mol. The summed E-state index contributed by atoms with van der Waals surface area (Å²) in [6.07, 6.45) is 5.92. The molecule has 0 radical (unpaired) electrons. The van der Waals surface area contributed by atoms with Gasteiger partial charge in [0.2, 0.25) is 0 Å². The Morgan fingerprint density at radius 3 is 2.85 bits per heavy atom. The molecule has 5 heteroatoms. The third-order valence-corrected chi connectivity index (χ3v) is 4.56. The Hall–Kier alpha value is -1.62. The lowest BCUT2D eigenvalue weighted by molar-refractivity contribution is 0.283. The van der Waals surface area contributed by atoms with Crippen LogP contribution < -0.4 is 4.90 Å². The predicted molar refractivity (Wildman–Crippen MR) is 82.2 cm³/mol. The summed E-state index contributed by atoms with van der Waals surface area (Å²) in [6.45, 7) is 5.53.